The van der Waals surface area contributed by atoms with Gasteiger partial charge in [-0.3, -0.25) is 4.79 Å². The molecule has 0 aliphatic heterocycles. The van der Waals surface area contributed by atoms with Gasteiger partial charge in [0, 0.05) is 4.90 Å². The largest absolute Gasteiger partial charge is 0.481 e. The van der Waals surface area contributed by atoms with Gasteiger partial charge in [-0.05, 0) is 30.7 Å². The van der Waals surface area contributed by atoms with Gasteiger partial charge >= 0.3 is 5.97 Å². The summed E-state index contributed by atoms with van der Waals surface area (Å²) in [7, 11) is 0. The highest BCUT2D eigenvalue weighted by molar-refractivity contribution is 7.99. The fraction of sp³-hybridized carbons (Fsp3) is 0.417. The van der Waals surface area contributed by atoms with Crippen molar-refractivity contribution in [2.24, 2.45) is 0 Å². The average Bonchev–Trinajstić information content (AvgIpc) is 2.25. The van der Waals surface area contributed by atoms with Crippen molar-refractivity contribution in [2.75, 3.05) is 5.75 Å². The summed E-state index contributed by atoms with van der Waals surface area (Å²) < 4.78 is 0. The molecular weight excluding hydrogens is 224 g/mol. The van der Waals surface area contributed by atoms with E-state index in [0.717, 1.165) is 12.2 Å². The summed E-state index contributed by atoms with van der Waals surface area (Å²) in [5.41, 5.74) is 0. The summed E-state index contributed by atoms with van der Waals surface area (Å²) in [4.78, 5) is 11.5. The molecular formula is C12H16O3S. The number of aliphatic hydroxyl groups excluding tert-OH is 1. The molecule has 2 N–H and O–H groups in total. The fourth-order valence-electron chi connectivity index (χ4n) is 1.33. The molecule has 1 aromatic rings. The van der Waals surface area contributed by atoms with Gasteiger partial charge in [0.1, 0.15) is 0 Å². The molecule has 88 valence electrons. The maximum Gasteiger partial charge on any atom is 0.305 e. The van der Waals surface area contributed by atoms with Crippen LogP contribution in [0.15, 0.2) is 35.2 Å². The van der Waals surface area contributed by atoms with Gasteiger partial charge in [-0.2, -0.15) is 0 Å². The van der Waals surface area contributed by atoms with E-state index in [0.29, 0.717) is 6.42 Å². The Balaban J connectivity index is 2.10. The van der Waals surface area contributed by atoms with Crippen LogP contribution in [0.1, 0.15) is 19.3 Å². The molecule has 1 aromatic carbocycles. The van der Waals surface area contributed by atoms with Crippen LogP contribution >= 0.6 is 11.8 Å². The van der Waals surface area contributed by atoms with Crippen LogP contribution in [0.4, 0.5) is 0 Å². The maximum atomic E-state index is 10.3. The van der Waals surface area contributed by atoms with E-state index in [1.165, 1.54) is 4.90 Å². The second kappa shape index (κ2) is 7.30. The molecule has 0 heterocycles. The Morgan fingerprint density at radius 2 is 2.00 bits per heavy atom. The van der Waals surface area contributed by atoms with E-state index in [9.17, 15) is 9.90 Å². The Morgan fingerprint density at radius 1 is 1.31 bits per heavy atom. The highest BCUT2D eigenvalue weighted by Crippen LogP contribution is 2.19. The van der Waals surface area contributed by atoms with Gasteiger partial charge in [0.15, 0.2) is 0 Å². The van der Waals surface area contributed by atoms with Gasteiger partial charge < -0.3 is 10.2 Å². The molecule has 0 aliphatic carbocycles. The van der Waals surface area contributed by atoms with E-state index in [1.807, 2.05) is 30.3 Å². The van der Waals surface area contributed by atoms with Gasteiger partial charge in [-0.25, -0.2) is 0 Å². The van der Waals surface area contributed by atoms with Crippen molar-refractivity contribution in [3.05, 3.63) is 30.3 Å². The minimum atomic E-state index is -0.941. The summed E-state index contributed by atoms with van der Waals surface area (Å²) in [5, 5.41) is 17.8. The number of carboxylic acids is 1. The normalized spacial score (nSPS) is 12.3. The summed E-state index contributed by atoms with van der Waals surface area (Å²) >= 11 is 1.72. The zero-order valence-corrected chi connectivity index (χ0v) is 9.82. The Kier molecular flexibility index (Phi) is 5.96. The molecule has 16 heavy (non-hydrogen) atoms. The van der Waals surface area contributed by atoms with E-state index >= 15 is 0 Å². The number of rotatable bonds is 7. The summed E-state index contributed by atoms with van der Waals surface area (Å²) in [5.74, 6) is -0.0380. The molecule has 0 aromatic heterocycles. The molecule has 1 rings (SSSR count). The summed E-state index contributed by atoms with van der Waals surface area (Å²) in [6, 6.07) is 10.0. The van der Waals surface area contributed by atoms with Crippen LogP contribution in [0.5, 0.6) is 0 Å². The molecule has 1 atom stereocenters. The van der Waals surface area contributed by atoms with Gasteiger partial charge in [-0.1, -0.05) is 18.2 Å². The van der Waals surface area contributed by atoms with E-state index in [-0.39, 0.29) is 6.42 Å². The molecule has 4 heteroatoms. The van der Waals surface area contributed by atoms with Crippen molar-refractivity contribution in [3.8, 4) is 0 Å². The van der Waals surface area contributed by atoms with Gasteiger partial charge in [0.25, 0.3) is 0 Å². The van der Waals surface area contributed by atoms with Crippen LogP contribution in [-0.4, -0.2) is 28.0 Å². The number of thioether (sulfide) groups is 1. The maximum absolute atomic E-state index is 10.3. The average molecular weight is 240 g/mol. The number of aliphatic hydroxyl groups is 1. The molecule has 0 radical (unpaired) electrons. The van der Waals surface area contributed by atoms with Crippen LogP contribution in [0.2, 0.25) is 0 Å². The molecule has 0 saturated carbocycles. The third kappa shape index (κ3) is 5.78. The predicted molar refractivity (Wildman–Crippen MR) is 64.7 cm³/mol. The van der Waals surface area contributed by atoms with Gasteiger partial charge in [0.2, 0.25) is 0 Å². The quantitative estimate of drug-likeness (QED) is 0.567. The lowest BCUT2D eigenvalue weighted by Gasteiger charge is -2.07. The highest BCUT2D eigenvalue weighted by atomic mass is 32.2. The van der Waals surface area contributed by atoms with Crippen molar-refractivity contribution >= 4 is 17.7 Å². The third-order valence-electron chi connectivity index (χ3n) is 2.10. The zero-order valence-electron chi connectivity index (χ0n) is 9.00. The Morgan fingerprint density at radius 3 is 2.62 bits per heavy atom. The number of carboxylic acid groups (broad SMARTS) is 1. The monoisotopic (exact) mass is 240 g/mol. The fourth-order valence-corrected chi connectivity index (χ4v) is 2.23. The van der Waals surface area contributed by atoms with Crippen molar-refractivity contribution in [1.29, 1.82) is 0 Å². The first kappa shape index (κ1) is 13.1. The first-order valence-electron chi connectivity index (χ1n) is 5.26. The van der Waals surface area contributed by atoms with E-state index in [1.54, 1.807) is 11.8 Å². The lowest BCUT2D eigenvalue weighted by atomic mass is 10.1. The van der Waals surface area contributed by atoms with Crippen LogP contribution in [-0.2, 0) is 4.79 Å². The summed E-state index contributed by atoms with van der Waals surface area (Å²) in [6.07, 6.45) is 0.504. The van der Waals surface area contributed by atoms with Crippen molar-refractivity contribution < 1.29 is 15.0 Å². The molecule has 0 spiro atoms. The molecule has 0 saturated heterocycles. The second-order valence-corrected chi connectivity index (χ2v) is 4.72. The van der Waals surface area contributed by atoms with Crippen molar-refractivity contribution in [3.63, 3.8) is 0 Å². The van der Waals surface area contributed by atoms with Gasteiger partial charge in [0.05, 0.1) is 12.5 Å². The number of benzene rings is 1. The van der Waals surface area contributed by atoms with Crippen LogP contribution in [0.25, 0.3) is 0 Å². The minimum absolute atomic E-state index is 0.157. The molecule has 0 amide bonds. The Bertz CT molecular complexity index is 313. The molecule has 0 aliphatic rings. The van der Waals surface area contributed by atoms with E-state index in [2.05, 4.69) is 0 Å². The SMILES string of the molecule is O=C(O)C[C@H](O)CCCSc1ccccc1. The first-order valence-corrected chi connectivity index (χ1v) is 6.25. The standard InChI is InChI=1S/C12H16O3S/c13-10(9-12(14)15)5-4-8-16-11-6-2-1-3-7-11/h1-3,6-7,10,13H,4-5,8-9H2,(H,14,15)/t10-/m1/s1. The molecule has 0 fully saturated rings. The van der Waals surface area contributed by atoms with Crippen LogP contribution in [0.3, 0.4) is 0 Å². The first-order chi connectivity index (χ1) is 7.68. The lowest BCUT2D eigenvalue weighted by molar-refractivity contribution is -0.139. The Labute approximate surface area is 99.5 Å². The highest BCUT2D eigenvalue weighted by Gasteiger charge is 2.08. The number of aliphatic carboxylic acids is 1. The molecule has 0 bridgehead atoms. The number of hydrogen-bond acceptors (Lipinski definition) is 3. The second-order valence-electron chi connectivity index (χ2n) is 3.56. The number of hydrogen-bond donors (Lipinski definition) is 2. The zero-order chi connectivity index (χ0) is 11.8. The van der Waals surface area contributed by atoms with Crippen molar-refractivity contribution in [1.82, 2.24) is 0 Å². The smallest absolute Gasteiger partial charge is 0.305 e. The van der Waals surface area contributed by atoms with Crippen LogP contribution < -0.4 is 0 Å². The lowest BCUT2D eigenvalue weighted by Crippen LogP contribution is -2.12. The molecule has 3 nitrogen and oxygen atoms in total. The van der Waals surface area contributed by atoms with Crippen LogP contribution in [0, 0.1) is 0 Å². The third-order valence-corrected chi connectivity index (χ3v) is 3.20. The topological polar surface area (TPSA) is 57.5 Å². The van der Waals surface area contributed by atoms with E-state index in [4.69, 9.17) is 5.11 Å². The Hall–Kier alpha value is -1.00. The number of carbonyl (C=O) groups is 1. The van der Waals surface area contributed by atoms with E-state index < -0.39 is 12.1 Å². The minimum Gasteiger partial charge on any atom is -0.481 e. The molecule has 0 unspecified atom stereocenters. The van der Waals surface area contributed by atoms with Crippen molar-refractivity contribution in [2.45, 2.75) is 30.3 Å². The summed E-state index contributed by atoms with van der Waals surface area (Å²) in [6.45, 7) is 0. The van der Waals surface area contributed by atoms with Gasteiger partial charge in [-0.15, -0.1) is 11.8 Å². The predicted octanol–water partition coefficient (Wildman–Crippen LogP) is 2.39.